The average Bonchev–Trinajstić information content (AvgIpc) is 2.58. The van der Waals surface area contributed by atoms with Crippen LogP contribution in [0.2, 0.25) is 0 Å². The molecule has 1 aliphatic rings. The Labute approximate surface area is 152 Å². The molecule has 0 heterocycles. The largest absolute Gasteiger partial charge is 0.431 e. The Bertz CT molecular complexity index is 650. The molecule has 2 atom stereocenters. The normalized spacial score (nSPS) is 23.9. The highest BCUT2D eigenvalue weighted by molar-refractivity contribution is 5.89. The number of allylic oxidation sites excluding steroid dienone is 5. The van der Waals surface area contributed by atoms with Gasteiger partial charge in [-0.05, 0) is 48.8 Å². The molecule has 2 unspecified atom stereocenters. The maximum Gasteiger partial charge on any atom is 0.342 e. The van der Waals surface area contributed by atoms with Gasteiger partial charge < -0.3 is 4.74 Å². The Morgan fingerprint density at radius 3 is 2.64 bits per heavy atom. The molecule has 0 radical (unpaired) electrons. The van der Waals surface area contributed by atoms with Crippen molar-refractivity contribution in [3.05, 3.63) is 72.0 Å². The molecule has 1 aromatic rings. The van der Waals surface area contributed by atoms with Crippen molar-refractivity contribution in [2.45, 2.75) is 47.0 Å². The van der Waals surface area contributed by atoms with E-state index in [9.17, 15) is 4.79 Å². The van der Waals surface area contributed by atoms with Crippen molar-refractivity contribution < 1.29 is 9.53 Å². The molecule has 1 aromatic carbocycles. The van der Waals surface area contributed by atoms with Crippen molar-refractivity contribution in [1.29, 1.82) is 0 Å². The van der Waals surface area contributed by atoms with Crippen LogP contribution in [0, 0.1) is 17.3 Å². The lowest BCUT2D eigenvalue weighted by Gasteiger charge is -2.41. The standard InChI is InChI=1S/C23H30O2/c1-18(14-15-21-19(2)11-8-16-23(21,3)4)10-9-17-25-22(24)20-12-6-5-7-13-20/h5-7,9-10,12-15,17,19,21H,8,11,16H2,1-4H3. The summed E-state index contributed by atoms with van der Waals surface area (Å²) in [4.78, 5) is 11.8. The van der Waals surface area contributed by atoms with Gasteiger partial charge in [0.2, 0.25) is 0 Å². The zero-order chi connectivity index (χ0) is 18.3. The van der Waals surface area contributed by atoms with E-state index in [2.05, 4.69) is 39.8 Å². The summed E-state index contributed by atoms with van der Waals surface area (Å²) < 4.78 is 5.13. The fraction of sp³-hybridized carbons (Fsp3) is 0.435. The molecule has 0 N–H and O–H groups in total. The lowest BCUT2D eigenvalue weighted by atomic mass is 9.64. The van der Waals surface area contributed by atoms with E-state index in [-0.39, 0.29) is 5.97 Å². The van der Waals surface area contributed by atoms with Crippen LogP contribution in [0.25, 0.3) is 0 Å². The summed E-state index contributed by atoms with van der Waals surface area (Å²) in [7, 11) is 0. The molecule has 1 aliphatic carbocycles. The Kier molecular flexibility index (Phi) is 6.81. The van der Waals surface area contributed by atoms with E-state index in [0.717, 1.165) is 11.5 Å². The zero-order valence-corrected chi connectivity index (χ0v) is 15.9. The van der Waals surface area contributed by atoms with Crippen LogP contribution in [-0.4, -0.2) is 5.97 Å². The summed E-state index contributed by atoms with van der Waals surface area (Å²) in [6, 6.07) is 9.01. The minimum absolute atomic E-state index is 0.337. The van der Waals surface area contributed by atoms with Gasteiger partial charge in [-0.1, -0.05) is 75.6 Å². The van der Waals surface area contributed by atoms with Crippen LogP contribution >= 0.6 is 0 Å². The van der Waals surface area contributed by atoms with E-state index in [1.165, 1.54) is 25.5 Å². The van der Waals surface area contributed by atoms with E-state index in [0.29, 0.717) is 16.9 Å². The molecule has 0 saturated heterocycles. The highest BCUT2D eigenvalue weighted by Gasteiger charge is 2.34. The third-order valence-corrected chi connectivity index (χ3v) is 5.18. The Morgan fingerprint density at radius 1 is 1.24 bits per heavy atom. The predicted molar refractivity (Wildman–Crippen MR) is 104 cm³/mol. The fourth-order valence-electron chi connectivity index (χ4n) is 3.69. The highest BCUT2D eigenvalue weighted by atomic mass is 16.5. The van der Waals surface area contributed by atoms with Gasteiger partial charge in [0.05, 0.1) is 11.8 Å². The first kappa shape index (κ1) is 19.2. The lowest BCUT2D eigenvalue weighted by Crippen LogP contribution is -2.32. The van der Waals surface area contributed by atoms with Gasteiger partial charge in [0.1, 0.15) is 0 Å². The van der Waals surface area contributed by atoms with Gasteiger partial charge in [0.15, 0.2) is 0 Å². The van der Waals surface area contributed by atoms with E-state index >= 15 is 0 Å². The third-order valence-electron chi connectivity index (χ3n) is 5.18. The van der Waals surface area contributed by atoms with Crippen molar-refractivity contribution in [2.75, 3.05) is 0 Å². The first-order chi connectivity index (χ1) is 11.9. The molecule has 1 fully saturated rings. The second-order valence-electron chi connectivity index (χ2n) is 7.75. The monoisotopic (exact) mass is 338 g/mol. The maximum atomic E-state index is 11.8. The van der Waals surface area contributed by atoms with Crippen LogP contribution in [0.15, 0.2) is 66.5 Å². The van der Waals surface area contributed by atoms with E-state index in [1.807, 2.05) is 24.3 Å². The Morgan fingerprint density at radius 2 is 1.96 bits per heavy atom. The van der Waals surface area contributed by atoms with Crippen LogP contribution in [0.3, 0.4) is 0 Å². The predicted octanol–water partition coefficient (Wildman–Crippen LogP) is 6.32. The first-order valence-electron chi connectivity index (χ1n) is 9.18. The molecule has 134 valence electrons. The fourth-order valence-corrected chi connectivity index (χ4v) is 3.69. The van der Waals surface area contributed by atoms with Crippen molar-refractivity contribution in [3.63, 3.8) is 0 Å². The van der Waals surface area contributed by atoms with Gasteiger partial charge in [-0.3, -0.25) is 0 Å². The smallest absolute Gasteiger partial charge is 0.342 e. The van der Waals surface area contributed by atoms with Crippen LogP contribution in [-0.2, 0) is 4.74 Å². The topological polar surface area (TPSA) is 26.3 Å². The van der Waals surface area contributed by atoms with Crippen LogP contribution in [0.5, 0.6) is 0 Å². The highest BCUT2D eigenvalue weighted by Crippen LogP contribution is 2.44. The average molecular weight is 338 g/mol. The van der Waals surface area contributed by atoms with Gasteiger partial charge >= 0.3 is 5.97 Å². The van der Waals surface area contributed by atoms with E-state index in [4.69, 9.17) is 4.74 Å². The van der Waals surface area contributed by atoms with Gasteiger partial charge in [-0.2, -0.15) is 0 Å². The number of hydrogen-bond donors (Lipinski definition) is 0. The molecular weight excluding hydrogens is 308 g/mol. The summed E-state index contributed by atoms with van der Waals surface area (Å²) >= 11 is 0. The van der Waals surface area contributed by atoms with E-state index < -0.39 is 0 Å². The number of hydrogen-bond acceptors (Lipinski definition) is 2. The first-order valence-corrected chi connectivity index (χ1v) is 9.18. The van der Waals surface area contributed by atoms with Gasteiger partial charge in [-0.25, -0.2) is 4.79 Å². The Hall–Kier alpha value is -2.09. The molecule has 25 heavy (non-hydrogen) atoms. The number of rotatable bonds is 5. The van der Waals surface area contributed by atoms with Crippen LogP contribution in [0.1, 0.15) is 57.3 Å². The minimum Gasteiger partial charge on any atom is -0.431 e. The molecule has 0 amide bonds. The van der Waals surface area contributed by atoms with Crippen molar-refractivity contribution in [2.24, 2.45) is 17.3 Å². The third kappa shape index (κ3) is 5.74. The number of ether oxygens (including phenoxy) is 1. The van der Waals surface area contributed by atoms with Crippen molar-refractivity contribution >= 4 is 5.97 Å². The number of carbonyl (C=O) groups excluding carboxylic acids is 1. The van der Waals surface area contributed by atoms with Crippen molar-refractivity contribution in [3.8, 4) is 0 Å². The molecule has 2 rings (SSSR count). The second kappa shape index (κ2) is 8.84. The molecule has 0 spiro atoms. The Balaban J connectivity index is 1.89. The summed E-state index contributed by atoms with van der Waals surface area (Å²) in [6.45, 7) is 9.18. The zero-order valence-electron chi connectivity index (χ0n) is 15.9. The van der Waals surface area contributed by atoms with E-state index in [1.54, 1.807) is 18.2 Å². The summed E-state index contributed by atoms with van der Waals surface area (Å²) in [6.07, 6.45) is 13.7. The molecule has 0 aromatic heterocycles. The molecular formula is C23H30O2. The molecule has 0 bridgehead atoms. The lowest BCUT2D eigenvalue weighted by molar-refractivity contribution is 0.0663. The van der Waals surface area contributed by atoms with Crippen LogP contribution in [0.4, 0.5) is 0 Å². The quantitative estimate of drug-likeness (QED) is 0.356. The summed E-state index contributed by atoms with van der Waals surface area (Å²) in [5, 5.41) is 0. The van der Waals surface area contributed by atoms with Gasteiger partial charge in [-0.15, -0.1) is 0 Å². The number of esters is 1. The van der Waals surface area contributed by atoms with Gasteiger partial charge in [0, 0.05) is 0 Å². The van der Waals surface area contributed by atoms with Crippen LogP contribution < -0.4 is 0 Å². The van der Waals surface area contributed by atoms with Gasteiger partial charge in [0.25, 0.3) is 0 Å². The molecule has 1 saturated carbocycles. The van der Waals surface area contributed by atoms with Crippen molar-refractivity contribution in [1.82, 2.24) is 0 Å². The maximum absolute atomic E-state index is 11.8. The summed E-state index contributed by atoms with van der Waals surface area (Å²) in [5.74, 6) is 1.01. The number of benzene rings is 1. The SMILES string of the molecule is CC(C=CC1C(C)CCCC1(C)C)=CC=COC(=O)c1ccccc1. The summed E-state index contributed by atoms with van der Waals surface area (Å²) in [5.41, 5.74) is 2.08. The number of carbonyl (C=O) groups is 1. The second-order valence-corrected chi connectivity index (χ2v) is 7.75. The minimum atomic E-state index is -0.337. The molecule has 2 heteroatoms. The molecule has 0 aliphatic heterocycles. The molecule has 2 nitrogen and oxygen atoms in total.